The van der Waals surface area contributed by atoms with Gasteiger partial charge in [-0.1, -0.05) is 12.1 Å². The first-order chi connectivity index (χ1) is 12.7. The summed E-state index contributed by atoms with van der Waals surface area (Å²) in [5.74, 6) is -2.47. The molecule has 0 aliphatic heterocycles. The van der Waals surface area contributed by atoms with Crippen LogP contribution in [-0.2, 0) is 15.5 Å². The first kappa shape index (κ1) is 18.8. The Bertz CT molecular complexity index is 1100. The molecule has 27 heavy (non-hydrogen) atoms. The van der Waals surface area contributed by atoms with Crippen molar-refractivity contribution in [2.24, 2.45) is 0 Å². The normalized spacial score (nSPS) is 13.2. The Morgan fingerprint density at radius 3 is 2.59 bits per heavy atom. The van der Waals surface area contributed by atoms with Gasteiger partial charge in [-0.2, -0.15) is 0 Å². The quantitative estimate of drug-likeness (QED) is 0.671. The minimum Gasteiger partial charge on any atom is -0.324 e. The summed E-state index contributed by atoms with van der Waals surface area (Å²) in [5.41, 5.74) is 0.722. The van der Waals surface area contributed by atoms with Crippen molar-refractivity contribution >= 4 is 21.4 Å². The fourth-order valence-electron chi connectivity index (χ4n) is 2.48. The van der Waals surface area contributed by atoms with Crippen molar-refractivity contribution in [2.45, 2.75) is 5.75 Å². The van der Waals surface area contributed by atoms with Gasteiger partial charge in [0.15, 0.2) is 5.82 Å². The average molecular weight is 392 g/mol. The number of halogens is 3. The molecule has 9 heteroatoms. The minimum atomic E-state index is -2.70. The van der Waals surface area contributed by atoms with E-state index in [1.165, 1.54) is 6.26 Å². The molecule has 1 unspecified atom stereocenters. The zero-order valence-corrected chi connectivity index (χ0v) is 15.0. The first-order valence-corrected chi connectivity index (χ1v) is 9.90. The van der Waals surface area contributed by atoms with Crippen LogP contribution in [0.3, 0.4) is 0 Å². The lowest BCUT2D eigenvalue weighted by Crippen LogP contribution is -2.03. The van der Waals surface area contributed by atoms with Gasteiger partial charge in [-0.3, -0.25) is 4.78 Å². The Kier molecular flexibility index (Phi) is 5.13. The SMILES string of the molecule is CS(=N)(=O)Cc1cccc(Nc2ncc(F)c(-c3ccc(F)cc3F)n2)c1. The van der Waals surface area contributed by atoms with Gasteiger partial charge in [0.25, 0.3) is 0 Å². The molecule has 1 atom stereocenters. The third-order valence-electron chi connectivity index (χ3n) is 3.56. The number of aromatic nitrogens is 2. The van der Waals surface area contributed by atoms with Crippen LogP contribution < -0.4 is 5.32 Å². The Morgan fingerprint density at radius 2 is 1.89 bits per heavy atom. The van der Waals surface area contributed by atoms with E-state index in [1.54, 1.807) is 24.3 Å². The molecule has 0 saturated carbocycles. The van der Waals surface area contributed by atoms with Crippen LogP contribution in [0.1, 0.15) is 5.56 Å². The topological polar surface area (TPSA) is 78.7 Å². The van der Waals surface area contributed by atoms with E-state index >= 15 is 0 Å². The van der Waals surface area contributed by atoms with Gasteiger partial charge in [0, 0.05) is 33.3 Å². The van der Waals surface area contributed by atoms with Crippen LogP contribution in [0.5, 0.6) is 0 Å². The number of nitrogens with zero attached hydrogens (tertiary/aromatic N) is 2. The smallest absolute Gasteiger partial charge is 0.227 e. The Morgan fingerprint density at radius 1 is 1.11 bits per heavy atom. The molecular weight excluding hydrogens is 377 g/mol. The molecule has 0 amide bonds. The van der Waals surface area contributed by atoms with Gasteiger partial charge >= 0.3 is 0 Å². The van der Waals surface area contributed by atoms with E-state index in [1.807, 2.05) is 0 Å². The summed E-state index contributed by atoms with van der Waals surface area (Å²) >= 11 is 0. The fourth-order valence-corrected chi connectivity index (χ4v) is 3.30. The standard InChI is InChI=1S/C18H15F3N4OS/c1-27(22,26)10-11-3-2-4-13(7-11)24-18-23-9-16(21)17(25-18)14-6-5-12(19)8-15(14)20/h2-9,22H,10H2,1H3,(H,23,24,25). The lowest BCUT2D eigenvalue weighted by atomic mass is 10.1. The number of hydrogen-bond donors (Lipinski definition) is 2. The Hall–Kier alpha value is -2.94. The number of anilines is 2. The molecule has 0 fully saturated rings. The largest absolute Gasteiger partial charge is 0.324 e. The van der Waals surface area contributed by atoms with E-state index in [2.05, 4.69) is 15.3 Å². The lowest BCUT2D eigenvalue weighted by molar-refractivity contribution is 0.580. The molecular formula is C18H15F3N4OS. The highest BCUT2D eigenvalue weighted by molar-refractivity contribution is 7.90. The number of rotatable bonds is 5. The van der Waals surface area contributed by atoms with E-state index in [0.717, 1.165) is 18.3 Å². The van der Waals surface area contributed by atoms with E-state index in [-0.39, 0.29) is 23.0 Å². The van der Waals surface area contributed by atoms with E-state index in [0.29, 0.717) is 17.3 Å². The average Bonchev–Trinajstić information content (AvgIpc) is 2.56. The van der Waals surface area contributed by atoms with Crippen molar-refractivity contribution in [3.05, 3.63) is 71.7 Å². The number of nitrogens with one attached hydrogen (secondary N) is 2. The zero-order valence-electron chi connectivity index (χ0n) is 14.2. The highest BCUT2D eigenvalue weighted by Crippen LogP contribution is 2.26. The summed E-state index contributed by atoms with van der Waals surface area (Å²) in [4.78, 5) is 7.80. The molecule has 0 spiro atoms. The highest BCUT2D eigenvalue weighted by Gasteiger charge is 2.14. The van der Waals surface area contributed by atoms with Crippen molar-refractivity contribution in [3.8, 4) is 11.3 Å². The highest BCUT2D eigenvalue weighted by atomic mass is 32.2. The molecule has 1 heterocycles. The molecule has 3 rings (SSSR count). The molecule has 0 aliphatic carbocycles. The van der Waals surface area contributed by atoms with Gasteiger partial charge in [0.1, 0.15) is 17.3 Å². The van der Waals surface area contributed by atoms with Crippen LogP contribution in [0.2, 0.25) is 0 Å². The fraction of sp³-hybridized carbons (Fsp3) is 0.111. The van der Waals surface area contributed by atoms with Crippen molar-refractivity contribution in [2.75, 3.05) is 11.6 Å². The van der Waals surface area contributed by atoms with Crippen molar-refractivity contribution in [1.29, 1.82) is 4.78 Å². The molecule has 2 aromatic carbocycles. The van der Waals surface area contributed by atoms with Crippen LogP contribution in [0.4, 0.5) is 24.8 Å². The van der Waals surface area contributed by atoms with Crippen molar-refractivity contribution in [3.63, 3.8) is 0 Å². The van der Waals surface area contributed by atoms with Gasteiger partial charge in [0.2, 0.25) is 5.95 Å². The molecule has 5 nitrogen and oxygen atoms in total. The molecule has 0 bridgehead atoms. The number of benzene rings is 2. The molecule has 3 aromatic rings. The zero-order chi connectivity index (χ0) is 19.6. The van der Waals surface area contributed by atoms with Gasteiger partial charge < -0.3 is 5.32 Å². The van der Waals surface area contributed by atoms with E-state index in [9.17, 15) is 17.4 Å². The molecule has 0 aliphatic rings. The Labute approximate surface area is 154 Å². The van der Waals surface area contributed by atoms with Crippen LogP contribution in [0.25, 0.3) is 11.3 Å². The summed E-state index contributed by atoms with van der Waals surface area (Å²) in [6.45, 7) is 0. The van der Waals surface area contributed by atoms with Crippen LogP contribution in [-0.4, -0.2) is 20.4 Å². The predicted octanol–water partition coefficient (Wildman–Crippen LogP) is 4.48. The second kappa shape index (κ2) is 7.36. The van der Waals surface area contributed by atoms with Crippen molar-refractivity contribution < 1.29 is 17.4 Å². The molecule has 2 N–H and O–H groups in total. The van der Waals surface area contributed by atoms with Crippen LogP contribution in [0, 0.1) is 22.2 Å². The third-order valence-corrected chi connectivity index (χ3v) is 4.44. The van der Waals surface area contributed by atoms with E-state index in [4.69, 9.17) is 4.78 Å². The summed E-state index contributed by atoms with van der Waals surface area (Å²) in [6.07, 6.45) is 2.24. The predicted molar refractivity (Wildman–Crippen MR) is 97.6 cm³/mol. The number of hydrogen-bond acceptors (Lipinski definition) is 5. The van der Waals surface area contributed by atoms with Gasteiger partial charge in [-0.25, -0.2) is 27.3 Å². The maximum Gasteiger partial charge on any atom is 0.227 e. The van der Waals surface area contributed by atoms with E-state index < -0.39 is 27.2 Å². The third kappa shape index (κ3) is 4.82. The molecule has 0 radical (unpaired) electrons. The summed E-state index contributed by atoms with van der Waals surface area (Å²) in [7, 11) is -2.70. The second-order valence-electron chi connectivity index (χ2n) is 5.99. The Balaban J connectivity index is 1.92. The monoisotopic (exact) mass is 392 g/mol. The van der Waals surface area contributed by atoms with Crippen LogP contribution in [0.15, 0.2) is 48.7 Å². The second-order valence-corrected chi connectivity index (χ2v) is 8.29. The summed E-state index contributed by atoms with van der Waals surface area (Å²) < 4.78 is 60.2. The maximum atomic E-state index is 14.1. The van der Waals surface area contributed by atoms with Crippen LogP contribution >= 0.6 is 0 Å². The lowest BCUT2D eigenvalue weighted by Gasteiger charge is -2.10. The maximum absolute atomic E-state index is 14.1. The van der Waals surface area contributed by atoms with Gasteiger partial charge in [0.05, 0.1) is 11.9 Å². The van der Waals surface area contributed by atoms with Gasteiger partial charge in [-0.05, 0) is 29.8 Å². The minimum absolute atomic E-state index is 0.00961. The van der Waals surface area contributed by atoms with Gasteiger partial charge in [-0.15, -0.1) is 0 Å². The van der Waals surface area contributed by atoms with Crippen molar-refractivity contribution in [1.82, 2.24) is 9.97 Å². The summed E-state index contributed by atoms with van der Waals surface area (Å²) in [5, 5.41) is 2.86. The molecule has 140 valence electrons. The molecule has 0 saturated heterocycles. The summed E-state index contributed by atoms with van der Waals surface area (Å²) in [6, 6.07) is 9.56. The first-order valence-electron chi connectivity index (χ1n) is 7.77. The molecule has 1 aromatic heterocycles.